The third kappa shape index (κ3) is 2.52. The molecule has 0 amide bonds. The monoisotopic (exact) mass is 265 g/mol. The van der Waals surface area contributed by atoms with Crippen molar-refractivity contribution < 1.29 is 4.39 Å². The zero-order valence-corrected chi connectivity index (χ0v) is 11.3. The Bertz CT molecular complexity index is 460. The molecular formula is C15H17ClFN. The van der Waals surface area contributed by atoms with Crippen LogP contribution in [0.3, 0.4) is 0 Å². The lowest BCUT2D eigenvalue weighted by atomic mass is 9.80. The van der Waals surface area contributed by atoms with E-state index >= 15 is 0 Å². The first-order valence-corrected chi connectivity index (χ1v) is 6.82. The summed E-state index contributed by atoms with van der Waals surface area (Å²) in [5.41, 5.74) is 0.0736. The van der Waals surface area contributed by atoms with E-state index in [4.69, 9.17) is 11.6 Å². The van der Waals surface area contributed by atoms with Crippen molar-refractivity contribution >= 4 is 11.6 Å². The van der Waals surface area contributed by atoms with E-state index < -0.39 is 5.41 Å². The smallest absolute Gasteiger partial charge is 0.127 e. The van der Waals surface area contributed by atoms with Crippen LogP contribution in [0.4, 0.5) is 4.39 Å². The van der Waals surface area contributed by atoms with Gasteiger partial charge in [0.1, 0.15) is 5.82 Å². The summed E-state index contributed by atoms with van der Waals surface area (Å²) in [5.74, 6) is 0.298. The SMILES string of the molecule is CCC1CCC(C#N)(Cc2c(F)cccc2Cl)C1. The Morgan fingerprint density at radius 2 is 2.33 bits per heavy atom. The molecule has 0 radical (unpaired) electrons. The maximum Gasteiger partial charge on any atom is 0.127 e. The van der Waals surface area contributed by atoms with Crippen molar-refractivity contribution in [2.24, 2.45) is 11.3 Å². The summed E-state index contributed by atoms with van der Waals surface area (Å²) in [6.07, 6.45) is 4.31. The van der Waals surface area contributed by atoms with Gasteiger partial charge in [-0.25, -0.2) is 4.39 Å². The van der Waals surface area contributed by atoms with Gasteiger partial charge in [-0.15, -0.1) is 0 Å². The number of hydrogen-bond acceptors (Lipinski definition) is 1. The van der Waals surface area contributed by atoms with Crippen LogP contribution in [-0.2, 0) is 6.42 Å². The van der Waals surface area contributed by atoms with Crippen molar-refractivity contribution in [2.75, 3.05) is 0 Å². The van der Waals surface area contributed by atoms with Crippen LogP contribution in [0.2, 0.25) is 5.02 Å². The molecule has 96 valence electrons. The number of benzene rings is 1. The standard InChI is InChI=1S/C15H17ClFN/c1-2-11-6-7-15(8-11,10-18)9-12-13(16)4-3-5-14(12)17/h3-5,11H,2,6-9H2,1H3. The summed E-state index contributed by atoms with van der Waals surface area (Å²) in [7, 11) is 0. The van der Waals surface area contributed by atoms with E-state index in [-0.39, 0.29) is 5.82 Å². The fourth-order valence-electron chi connectivity index (χ4n) is 2.93. The van der Waals surface area contributed by atoms with Crippen molar-refractivity contribution in [2.45, 2.75) is 39.0 Å². The zero-order valence-electron chi connectivity index (χ0n) is 10.5. The molecule has 2 unspecified atom stereocenters. The molecule has 18 heavy (non-hydrogen) atoms. The summed E-state index contributed by atoms with van der Waals surface area (Å²) < 4.78 is 13.8. The van der Waals surface area contributed by atoms with E-state index in [1.165, 1.54) is 6.07 Å². The van der Waals surface area contributed by atoms with E-state index in [0.29, 0.717) is 22.9 Å². The molecule has 1 nitrogen and oxygen atoms in total. The van der Waals surface area contributed by atoms with Crippen molar-refractivity contribution in [1.29, 1.82) is 5.26 Å². The highest BCUT2D eigenvalue weighted by Gasteiger charge is 2.39. The van der Waals surface area contributed by atoms with Crippen molar-refractivity contribution in [3.8, 4) is 6.07 Å². The summed E-state index contributed by atoms with van der Waals surface area (Å²) >= 11 is 6.05. The van der Waals surface area contributed by atoms with Gasteiger partial charge < -0.3 is 0 Å². The summed E-state index contributed by atoms with van der Waals surface area (Å²) in [6, 6.07) is 7.13. The van der Waals surface area contributed by atoms with E-state index in [9.17, 15) is 9.65 Å². The van der Waals surface area contributed by atoms with E-state index in [0.717, 1.165) is 25.7 Å². The quantitative estimate of drug-likeness (QED) is 0.774. The Hall–Kier alpha value is -1.07. The maximum atomic E-state index is 13.8. The Morgan fingerprint density at radius 3 is 2.89 bits per heavy atom. The zero-order chi connectivity index (χ0) is 13.2. The Morgan fingerprint density at radius 1 is 1.56 bits per heavy atom. The fraction of sp³-hybridized carbons (Fsp3) is 0.533. The van der Waals surface area contributed by atoms with E-state index in [1.807, 2.05) is 0 Å². The molecule has 0 spiro atoms. The highest BCUT2D eigenvalue weighted by Crippen LogP contribution is 2.45. The van der Waals surface area contributed by atoms with Gasteiger partial charge in [-0.3, -0.25) is 0 Å². The van der Waals surface area contributed by atoms with Crippen molar-refractivity contribution in [1.82, 2.24) is 0 Å². The first kappa shape index (κ1) is 13.4. The molecule has 0 heterocycles. The van der Waals surface area contributed by atoms with Crippen molar-refractivity contribution in [3.63, 3.8) is 0 Å². The molecule has 2 atom stereocenters. The highest BCUT2D eigenvalue weighted by atomic mass is 35.5. The predicted octanol–water partition coefficient (Wildman–Crippen LogP) is 4.74. The van der Waals surface area contributed by atoms with E-state index in [1.54, 1.807) is 12.1 Å². The predicted molar refractivity (Wildman–Crippen MR) is 70.8 cm³/mol. The van der Waals surface area contributed by atoms with Crippen molar-refractivity contribution in [3.05, 3.63) is 34.6 Å². The summed E-state index contributed by atoms with van der Waals surface area (Å²) in [6.45, 7) is 2.15. The average Bonchev–Trinajstić information content (AvgIpc) is 2.78. The minimum atomic E-state index is -0.424. The van der Waals surface area contributed by atoms with E-state index in [2.05, 4.69) is 13.0 Å². The molecule has 1 saturated carbocycles. The number of rotatable bonds is 3. The normalized spacial score (nSPS) is 27.1. The molecule has 0 aromatic heterocycles. The summed E-state index contributed by atoms with van der Waals surface area (Å²) in [5, 5.41) is 9.89. The minimum absolute atomic E-state index is 0.294. The summed E-state index contributed by atoms with van der Waals surface area (Å²) in [4.78, 5) is 0. The lowest BCUT2D eigenvalue weighted by Crippen LogP contribution is -2.19. The lowest BCUT2D eigenvalue weighted by molar-refractivity contribution is 0.375. The molecule has 0 saturated heterocycles. The molecule has 0 bridgehead atoms. The molecule has 1 fully saturated rings. The van der Waals surface area contributed by atoms with Crippen LogP contribution in [-0.4, -0.2) is 0 Å². The highest BCUT2D eigenvalue weighted by molar-refractivity contribution is 6.31. The van der Waals surface area contributed by atoms with Crippen LogP contribution in [0.15, 0.2) is 18.2 Å². The lowest BCUT2D eigenvalue weighted by Gasteiger charge is -2.22. The van der Waals surface area contributed by atoms with Gasteiger partial charge in [0.2, 0.25) is 0 Å². The molecule has 1 aromatic carbocycles. The largest absolute Gasteiger partial charge is 0.207 e. The van der Waals surface area contributed by atoms with Gasteiger partial charge in [0.05, 0.1) is 11.5 Å². The number of halogens is 2. The number of nitrogens with zero attached hydrogens (tertiary/aromatic N) is 1. The van der Waals surface area contributed by atoms with Crippen LogP contribution in [0.1, 0.15) is 38.2 Å². The molecule has 0 aliphatic heterocycles. The van der Waals surface area contributed by atoms with Crippen LogP contribution >= 0.6 is 11.6 Å². The molecule has 1 aliphatic carbocycles. The van der Waals surface area contributed by atoms with Gasteiger partial charge in [-0.05, 0) is 43.7 Å². The second-order valence-corrected chi connectivity index (χ2v) is 5.69. The molecule has 1 aliphatic rings. The Labute approximate surface area is 113 Å². The molecular weight excluding hydrogens is 249 g/mol. The van der Waals surface area contributed by atoms with Gasteiger partial charge in [-0.2, -0.15) is 5.26 Å². The Kier molecular flexibility index (Phi) is 3.92. The van der Waals surface area contributed by atoms with Gasteiger partial charge in [0.25, 0.3) is 0 Å². The van der Waals surface area contributed by atoms with Crippen LogP contribution < -0.4 is 0 Å². The first-order chi connectivity index (χ1) is 8.60. The molecule has 2 rings (SSSR count). The second kappa shape index (κ2) is 5.28. The number of nitriles is 1. The van der Waals surface area contributed by atoms with Gasteiger partial charge >= 0.3 is 0 Å². The van der Waals surface area contributed by atoms with Gasteiger partial charge in [0.15, 0.2) is 0 Å². The molecule has 0 N–H and O–H groups in total. The third-order valence-electron chi connectivity index (χ3n) is 4.10. The fourth-order valence-corrected chi connectivity index (χ4v) is 3.16. The second-order valence-electron chi connectivity index (χ2n) is 5.29. The first-order valence-electron chi connectivity index (χ1n) is 6.44. The maximum absolute atomic E-state index is 13.8. The minimum Gasteiger partial charge on any atom is -0.207 e. The molecule has 3 heteroatoms. The van der Waals surface area contributed by atoms with Crippen LogP contribution in [0, 0.1) is 28.5 Å². The average molecular weight is 266 g/mol. The topological polar surface area (TPSA) is 23.8 Å². The molecule has 1 aromatic rings. The number of hydrogen-bond donors (Lipinski definition) is 0. The van der Waals surface area contributed by atoms with Gasteiger partial charge in [-0.1, -0.05) is 31.0 Å². The van der Waals surface area contributed by atoms with Crippen LogP contribution in [0.5, 0.6) is 0 Å². The van der Waals surface area contributed by atoms with Crippen LogP contribution in [0.25, 0.3) is 0 Å². The van der Waals surface area contributed by atoms with Gasteiger partial charge in [0, 0.05) is 10.6 Å². The third-order valence-corrected chi connectivity index (χ3v) is 4.46. The Balaban J connectivity index is 2.25.